The summed E-state index contributed by atoms with van der Waals surface area (Å²) < 4.78 is 11.7. The summed E-state index contributed by atoms with van der Waals surface area (Å²) in [4.78, 5) is 0. The summed E-state index contributed by atoms with van der Waals surface area (Å²) in [6.07, 6.45) is 25.7. The first kappa shape index (κ1) is 26.9. The average Bonchev–Trinajstić information content (AvgIpc) is 3.18. The summed E-state index contributed by atoms with van der Waals surface area (Å²) in [6.45, 7) is 5.22. The lowest BCUT2D eigenvalue weighted by molar-refractivity contribution is 0.0153. The van der Waals surface area contributed by atoms with E-state index in [9.17, 15) is 0 Å². The van der Waals surface area contributed by atoms with Crippen molar-refractivity contribution in [3.05, 3.63) is 0 Å². The van der Waals surface area contributed by atoms with Crippen molar-refractivity contribution in [1.82, 2.24) is 0 Å². The molecular formula is C26H52O3. The van der Waals surface area contributed by atoms with Crippen LogP contribution in [0.3, 0.4) is 0 Å². The second-order valence-corrected chi connectivity index (χ2v) is 9.30. The molecule has 0 amide bonds. The van der Waals surface area contributed by atoms with E-state index in [-0.39, 0.29) is 0 Å². The molecule has 0 spiro atoms. The highest BCUT2D eigenvalue weighted by Crippen LogP contribution is 2.25. The molecule has 1 heterocycles. The number of rotatable bonds is 22. The van der Waals surface area contributed by atoms with Crippen LogP contribution in [0.1, 0.15) is 129 Å². The minimum Gasteiger partial charge on any atom is -0.396 e. The molecule has 0 bridgehead atoms. The van der Waals surface area contributed by atoms with Crippen molar-refractivity contribution < 1.29 is 14.6 Å². The maximum atomic E-state index is 8.76. The van der Waals surface area contributed by atoms with Crippen molar-refractivity contribution in [3.8, 4) is 0 Å². The van der Waals surface area contributed by atoms with E-state index in [1.807, 2.05) is 0 Å². The zero-order valence-electron chi connectivity index (χ0n) is 19.7. The minimum absolute atomic E-state index is 0.329. The topological polar surface area (TPSA) is 38.7 Å². The molecule has 1 rings (SSSR count). The van der Waals surface area contributed by atoms with Gasteiger partial charge in [0, 0.05) is 19.8 Å². The number of hydrogen-bond acceptors (Lipinski definition) is 3. The van der Waals surface area contributed by atoms with Crippen LogP contribution in [0.2, 0.25) is 0 Å². The van der Waals surface area contributed by atoms with Gasteiger partial charge < -0.3 is 14.6 Å². The quantitative estimate of drug-likeness (QED) is 0.188. The maximum absolute atomic E-state index is 8.76. The molecule has 3 heteroatoms. The normalized spacial score (nSPS) is 19.2. The third kappa shape index (κ3) is 17.3. The number of aliphatic hydroxyl groups excluding tert-OH is 1. The van der Waals surface area contributed by atoms with E-state index in [4.69, 9.17) is 14.6 Å². The van der Waals surface area contributed by atoms with Gasteiger partial charge >= 0.3 is 0 Å². The molecule has 0 aromatic heterocycles. The molecule has 174 valence electrons. The van der Waals surface area contributed by atoms with Gasteiger partial charge in [0.25, 0.3) is 0 Å². The largest absolute Gasteiger partial charge is 0.396 e. The standard InChI is InChI=1S/C26H52O3/c1-2-3-4-5-6-7-8-9-10-11-13-16-19-25-22-26(29-23-25)24-28-21-18-15-12-14-17-20-27/h25-27H,2-24H2,1H3/t25-,26+/m0/s1. The van der Waals surface area contributed by atoms with Crippen LogP contribution in [0.5, 0.6) is 0 Å². The Hall–Kier alpha value is -0.120. The molecule has 1 saturated heterocycles. The predicted molar refractivity (Wildman–Crippen MR) is 125 cm³/mol. The third-order valence-corrected chi connectivity index (χ3v) is 6.38. The van der Waals surface area contributed by atoms with Gasteiger partial charge in [0.1, 0.15) is 0 Å². The monoisotopic (exact) mass is 412 g/mol. The van der Waals surface area contributed by atoms with Crippen molar-refractivity contribution in [3.63, 3.8) is 0 Å². The fourth-order valence-electron chi connectivity index (χ4n) is 4.43. The van der Waals surface area contributed by atoms with Gasteiger partial charge in [-0.05, 0) is 31.6 Å². The van der Waals surface area contributed by atoms with Crippen molar-refractivity contribution >= 4 is 0 Å². The molecule has 0 radical (unpaired) electrons. The first-order valence-corrected chi connectivity index (χ1v) is 13.2. The van der Waals surface area contributed by atoms with Gasteiger partial charge in [0.05, 0.1) is 12.7 Å². The van der Waals surface area contributed by atoms with E-state index in [1.165, 1.54) is 103 Å². The van der Waals surface area contributed by atoms with Crippen LogP contribution in [0.15, 0.2) is 0 Å². The molecule has 1 aliphatic rings. The molecule has 0 unspecified atom stereocenters. The lowest BCUT2D eigenvalue weighted by Gasteiger charge is -2.10. The first-order chi connectivity index (χ1) is 14.4. The molecule has 0 saturated carbocycles. The minimum atomic E-state index is 0.329. The van der Waals surface area contributed by atoms with Crippen LogP contribution in [-0.2, 0) is 9.47 Å². The summed E-state index contributed by atoms with van der Waals surface area (Å²) >= 11 is 0. The van der Waals surface area contributed by atoms with Gasteiger partial charge in [-0.2, -0.15) is 0 Å². The van der Waals surface area contributed by atoms with E-state index < -0.39 is 0 Å². The Morgan fingerprint density at radius 1 is 0.724 bits per heavy atom. The Bertz CT molecular complexity index is 321. The molecule has 3 nitrogen and oxygen atoms in total. The molecular weight excluding hydrogens is 360 g/mol. The van der Waals surface area contributed by atoms with Crippen molar-refractivity contribution in [1.29, 1.82) is 0 Å². The fraction of sp³-hybridized carbons (Fsp3) is 1.00. The molecule has 2 atom stereocenters. The van der Waals surface area contributed by atoms with Crippen LogP contribution in [0.4, 0.5) is 0 Å². The highest BCUT2D eigenvalue weighted by molar-refractivity contribution is 4.73. The van der Waals surface area contributed by atoms with Gasteiger partial charge in [-0.25, -0.2) is 0 Å². The Morgan fingerprint density at radius 2 is 1.28 bits per heavy atom. The van der Waals surface area contributed by atoms with Crippen molar-refractivity contribution in [2.24, 2.45) is 5.92 Å². The number of hydrogen-bond donors (Lipinski definition) is 1. The number of unbranched alkanes of at least 4 members (excludes halogenated alkanes) is 15. The molecule has 0 aromatic carbocycles. The zero-order valence-corrected chi connectivity index (χ0v) is 19.7. The summed E-state index contributed by atoms with van der Waals surface area (Å²) in [5.41, 5.74) is 0. The molecule has 1 aliphatic heterocycles. The van der Waals surface area contributed by atoms with Crippen LogP contribution in [0.25, 0.3) is 0 Å². The second kappa shape index (κ2) is 21.1. The predicted octanol–water partition coefficient (Wildman–Crippen LogP) is 7.44. The van der Waals surface area contributed by atoms with E-state index in [0.717, 1.165) is 45.0 Å². The average molecular weight is 413 g/mol. The summed E-state index contributed by atoms with van der Waals surface area (Å²) in [5.74, 6) is 0.769. The van der Waals surface area contributed by atoms with E-state index >= 15 is 0 Å². The molecule has 29 heavy (non-hydrogen) atoms. The van der Waals surface area contributed by atoms with Gasteiger partial charge in [0.15, 0.2) is 0 Å². The lowest BCUT2D eigenvalue weighted by Crippen LogP contribution is -2.14. The molecule has 1 N–H and O–H groups in total. The van der Waals surface area contributed by atoms with Crippen LogP contribution in [0, 0.1) is 5.92 Å². The van der Waals surface area contributed by atoms with E-state index in [0.29, 0.717) is 12.7 Å². The second-order valence-electron chi connectivity index (χ2n) is 9.30. The Morgan fingerprint density at radius 3 is 1.90 bits per heavy atom. The first-order valence-electron chi connectivity index (χ1n) is 13.2. The van der Waals surface area contributed by atoms with Gasteiger partial charge in [-0.3, -0.25) is 0 Å². The van der Waals surface area contributed by atoms with Crippen molar-refractivity contribution in [2.45, 2.75) is 135 Å². The van der Waals surface area contributed by atoms with Crippen molar-refractivity contribution in [2.75, 3.05) is 26.4 Å². The fourth-order valence-corrected chi connectivity index (χ4v) is 4.43. The Kier molecular flexibility index (Phi) is 19.6. The summed E-state index contributed by atoms with van der Waals surface area (Å²) in [5, 5.41) is 8.76. The highest BCUT2D eigenvalue weighted by Gasteiger charge is 2.24. The highest BCUT2D eigenvalue weighted by atomic mass is 16.5. The van der Waals surface area contributed by atoms with Crippen LogP contribution < -0.4 is 0 Å². The van der Waals surface area contributed by atoms with Gasteiger partial charge in [-0.15, -0.1) is 0 Å². The summed E-state index contributed by atoms with van der Waals surface area (Å²) in [6, 6.07) is 0. The maximum Gasteiger partial charge on any atom is 0.0812 e. The number of ether oxygens (including phenoxy) is 2. The molecule has 0 aliphatic carbocycles. The Balaban J connectivity index is 1.78. The lowest BCUT2D eigenvalue weighted by atomic mass is 9.97. The SMILES string of the molecule is CCCCCCCCCCCCCC[C@@H]1CO[C@@H](COCCCCCCCO)C1. The molecule has 0 aromatic rings. The van der Waals surface area contributed by atoms with Gasteiger partial charge in [-0.1, -0.05) is 103 Å². The van der Waals surface area contributed by atoms with Gasteiger partial charge in [0.2, 0.25) is 0 Å². The Labute approximate surface area is 182 Å². The molecule has 1 fully saturated rings. The van der Waals surface area contributed by atoms with Crippen LogP contribution in [-0.4, -0.2) is 37.6 Å². The third-order valence-electron chi connectivity index (χ3n) is 6.38. The smallest absolute Gasteiger partial charge is 0.0812 e. The van der Waals surface area contributed by atoms with E-state index in [1.54, 1.807) is 0 Å². The number of aliphatic hydroxyl groups is 1. The zero-order chi connectivity index (χ0) is 20.8. The summed E-state index contributed by atoms with van der Waals surface area (Å²) in [7, 11) is 0. The van der Waals surface area contributed by atoms with Crippen LogP contribution >= 0.6 is 0 Å². The van der Waals surface area contributed by atoms with E-state index in [2.05, 4.69) is 6.92 Å².